The number of aromatic amines is 1. The molecule has 2 aromatic heterocycles. The number of aryl methyl sites for hydroxylation is 1. The van der Waals surface area contributed by atoms with Gasteiger partial charge in [0.25, 0.3) is 5.91 Å². The molecular weight excluding hydrogens is 330 g/mol. The second-order valence-corrected chi connectivity index (χ2v) is 7.85. The lowest BCUT2D eigenvalue weighted by Gasteiger charge is -2.40. The largest absolute Gasteiger partial charge is 0.443 e. The molecule has 26 heavy (non-hydrogen) atoms. The zero-order valence-corrected chi connectivity index (χ0v) is 15.1. The van der Waals surface area contributed by atoms with Crippen molar-refractivity contribution >= 4 is 5.91 Å². The Morgan fingerprint density at radius 3 is 3.08 bits per heavy atom. The van der Waals surface area contributed by atoms with Crippen LogP contribution in [0.15, 0.2) is 22.7 Å². The summed E-state index contributed by atoms with van der Waals surface area (Å²) in [5, 5.41) is 17.0. The maximum Gasteiger partial charge on any atom is 0.289 e. The molecule has 2 aromatic rings. The van der Waals surface area contributed by atoms with Crippen molar-refractivity contribution in [1.29, 1.82) is 0 Å². The Kier molecular flexibility index (Phi) is 3.92. The third kappa shape index (κ3) is 3.04. The topological polar surface area (TPSA) is 82.4 Å². The van der Waals surface area contributed by atoms with Crippen molar-refractivity contribution in [2.45, 2.75) is 50.5 Å². The normalized spacial score (nSPS) is 22.2. The Labute approximate surface area is 152 Å². The van der Waals surface area contributed by atoms with Crippen molar-refractivity contribution in [3.8, 4) is 11.8 Å². The monoisotopic (exact) mass is 353 g/mol. The average Bonchev–Trinajstić information content (AvgIpc) is 3.31. The second-order valence-electron chi connectivity index (χ2n) is 7.85. The van der Waals surface area contributed by atoms with Gasteiger partial charge in [0.2, 0.25) is 0 Å². The Morgan fingerprint density at radius 2 is 2.27 bits per heavy atom. The number of hydrogen-bond donors (Lipinski definition) is 2. The number of H-pyrrole nitrogens is 1. The predicted octanol–water partition coefficient (Wildman–Crippen LogP) is 2.25. The number of aromatic nitrogens is 2. The average molecular weight is 353 g/mol. The van der Waals surface area contributed by atoms with Crippen molar-refractivity contribution in [2.75, 3.05) is 13.1 Å². The first-order chi connectivity index (χ1) is 12.4. The minimum atomic E-state index is -1.10. The number of rotatable bonds is 1. The van der Waals surface area contributed by atoms with Crippen LogP contribution in [0.25, 0.3) is 0 Å². The Balaban J connectivity index is 1.52. The summed E-state index contributed by atoms with van der Waals surface area (Å²) in [7, 11) is 0. The number of nitrogens with one attached hydrogen (secondary N) is 1. The first-order valence-electron chi connectivity index (χ1n) is 9.04. The molecule has 0 saturated carbocycles. The maximum atomic E-state index is 12.9. The summed E-state index contributed by atoms with van der Waals surface area (Å²) in [5.74, 6) is 6.04. The fourth-order valence-electron chi connectivity index (χ4n) is 4.06. The van der Waals surface area contributed by atoms with E-state index < -0.39 is 5.60 Å². The van der Waals surface area contributed by atoms with E-state index in [0.29, 0.717) is 18.1 Å². The van der Waals surface area contributed by atoms with Gasteiger partial charge < -0.3 is 14.4 Å². The summed E-state index contributed by atoms with van der Waals surface area (Å²) in [6.07, 6.45) is 6.03. The van der Waals surface area contributed by atoms with Crippen LogP contribution in [0.2, 0.25) is 0 Å². The van der Waals surface area contributed by atoms with E-state index >= 15 is 0 Å². The van der Waals surface area contributed by atoms with Crippen LogP contribution >= 0.6 is 0 Å². The lowest BCUT2D eigenvalue weighted by molar-refractivity contribution is 0.0601. The standard InChI is InChI=1S/C20H23N3O3/c1-19(2,25)9-7-15-4-5-16(26-15)18(24)23-11-3-8-20(13-23)10-6-14-12-21-22-17(14)20/h4-5,12,25H,3,6,8,10-11,13H2,1-2H3,(H,21,22). The first kappa shape index (κ1) is 16.9. The lowest BCUT2D eigenvalue weighted by atomic mass is 9.77. The summed E-state index contributed by atoms with van der Waals surface area (Å²) in [6.45, 7) is 4.63. The number of piperidine rings is 1. The van der Waals surface area contributed by atoms with Gasteiger partial charge in [-0.1, -0.05) is 5.92 Å². The van der Waals surface area contributed by atoms with Crippen LogP contribution < -0.4 is 0 Å². The molecule has 0 aromatic carbocycles. The van der Waals surface area contributed by atoms with Gasteiger partial charge in [0.15, 0.2) is 11.5 Å². The van der Waals surface area contributed by atoms with Crippen molar-refractivity contribution in [2.24, 2.45) is 0 Å². The van der Waals surface area contributed by atoms with Crippen LogP contribution in [0, 0.1) is 11.8 Å². The number of amides is 1. The minimum absolute atomic E-state index is 0.00408. The van der Waals surface area contributed by atoms with Gasteiger partial charge in [-0.15, -0.1) is 0 Å². The van der Waals surface area contributed by atoms with Crippen LogP contribution in [0.4, 0.5) is 0 Å². The highest BCUT2D eigenvalue weighted by Crippen LogP contribution is 2.44. The molecule has 1 spiro atoms. The van der Waals surface area contributed by atoms with Gasteiger partial charge in [-0.25, -0.2) is 0 Å². The third-order valence-electron chi connectivity index (χ3n) is 5.29. The number of carbonyl (C=O) groups is 1. The van der Waals surface area contributed by atoms with Crippen molar-refractivity contribution in [3.63, 3.8) is 0 Å². The minimum Gasteiger partial charge on any atom is -0.443 e. The summed E-state index contributed by atoms with van der Waals surface area (Å²) in [4.78, 5) is 14.8. The third-order valence-corrected chi connectivity index (χ3v) is 5.29. The molecule has 0 radical (unpaired) electrons. The fourth-order valence-corrected chi connectivity index (χ4v) is 4.06. The Morgan fingerprint density at radius 1 is 1.42 bits per heavy atom. The van der Waals surface area contributed by atoms with Crippen LogP contribution in [0.3, 0.4) is 0 Å². The number of hydrogen-bond acceptors (Lipinski definition) is 4. The summed E-state index contributed by atoms with van der Waals surface area (Å²) in [6, 6.07) is 3.34. The lowest BCUT2D eigenvalue weighted by Crippen LogP contribution is -2.47. The van der Waals surface area contributed by atoms with Crippen LogP contribution in [0.1, 0.15) is 60.7 Å². The van der Waals surface area contributed by atoms with E-state index in [9.17, 15) is 9.90 Å². The second kappa shape index (κ2) is 6.03. The van der Waals surface area contributed by atoms with Gasteiger partial charge in [-0.05, 0) is 63.1 Å². The zero-order valence-electron chi connectivity index (χ0n) is 15.1. The van der Waals surface area contributed by atoms with Gasteiger partial charge in [0.05, 0.1) is 6.20 Å². The highest BCUT2D eigenvalue weighted by Gasteiger charge is 2.44. The molecule has 1 aliphatic heterocycles. The van der Waals surface area contributed by atoms with E-state index in [1.807, 2.05) is 11.1 Å². The van der Waals surface area contributed by atoms with E-state index in [1.54, 1.807) is 26.0 Å². The van der Waals surface area contributed by atoms with Gasteiger partial charge >= 0.3 is 0 Å². The van der Waals surface area contributed by atoms with Crippen LogP contribution in [0.5, 0.6) is 0 Å². The number of aliphatic hydroxyl groups is 1. The number of nitrogens with zero attached hydrogens (tertiary/aromatic N) is 2. The van der Waals surface area contributed by atoms with Crippen molar-refractivity contribution < 1.29 is 14.3 Å². The highest BCUT2D eigenvalue weighted by molar-refractivity contribution is 5.91. The number of furan rings is 1. The Bertz CT molecular complexity index is 893. The van der Waals surface area contributed by atoms with Gasteiger partial charge in [0.1, 0.15) is 5.60 Å². The van der Waals surface area contributed by atoms with Gasteiger partial charge in [-0.3, -0.25) is 9.89 Å². The molecule has 6 heteroatoms. The molecule has 1 unspecified atom stereocenters. The predicted molar refractivity (Wildman–Crippen MR) is 95.6 cm³/mol. The molecule has 136 valence electrons. The quantitative estimate of drug-likeness (QED) is 0.771. The Hall–Kier alpha value is -2.52. The van der Waals surface area contributed by atoms with E-state index in [4.69, 9.17) is 4.42 Å². The molecule has 1 fully saturated rings. The maximum absolute atomic E-state index is 12.9. The molecule has 6 nitrogen and oxygen atoms in total. The van der Waals surface area contributed by atoms with E-state index in [0.717, 1.165) is 32.2 Å². The molecule has 1 amide bonds. The summed E-state index contributed by atoms with van der Waals surface area (Å²) in [5.41, 5.74) is 1.38. The molecule has 1 aliphatic carbocycles. The summed E-state index contributed by atoms with van der Waals surface area (Å²) >= 11 is 0. The van der Waals surface area contributed by atoms with Crippen molar-refractivity contribution in [3.05, 3.63) is 41.1 Å². The SMILES string of the molecule is CC(C)(O)C#Cc1ccc(C(=O)N2CCCC3(CCc4cn[nH]c43)C2)o1. The number of carbonyl (C=O) groups excluding carboxylic acids is 1. The first-order valence-corrected chi connectivity index (χ1v) is 9.04. The van der Waals surface area contributed by atoms with Crippen LogP contribution in [-0.2, 0) is 11.8 Å². The van der Waals surface area contributed by atoms with Gasteiger partial charge in [-0.2, -0.15) is 5.10 Å². The molecule has 3 heterocycles. The zero-order chi connectivity index (χ0) is 18.4. The number of fused-ring (bicyclic) bond motifs is 2. The molecule has 4 rings (SSSR count). The molecule has 2 aliphatic rings. The summed E-state index contributed by atoms with van der Waals surface area (Å²) < 4.78 is 5.60. The smallest absolute Gasteiger partial charge is 0.289 e. The molecule has 1 atom stereocenters. The molecule has 2 N–H and O–H groups in total. The fraction of sp³-hybridized carbons (Fsp3) is 0.500. The van der Waals surface area contributed by atoms with Crippen LogP contribution in [-0.4, -0.2) is 44.8 Å². The molecule has 0 bridgehead atoms. The van der Waals surface area contributed by atoms with E-state index in [2.05, 4.69) is 22.0 Å². The molecule has 1 saturated heterocycles. The van der Waals surface area contributed by atoms with Crippen molar-refractivity contribution in [1.82, 2.24) is 15.1 Å². The van der Waals surface area contributed by atoms with E-state index in [1.165, 1.54) is 11.3 Å². The highest BCUT2D eigenvalue weighted by atomic mass is 16.4. The molecular formula is C20H23N3O3. The van der Waals surface area contributed by atoms with E-state index in [-0.39, 0.29) is 11.3 Å². The number of likely N-dealkylation sites (tertiary alicyclic amines) is 1. The van der Waals surface area contributed by atoms with Gasteiger partial charge in [0, 0.05) is 24.2 Å².